The molecule has 1 fully saturated rings. The number of urea groups is 1. The number of aryl methyl sites for hydroxylation is 2. The number of amides is 2. The Morgan fingerprint density at radius 2 is 1.56 bits per heavy atom. The predicted molar refractivity (Wildman–Crippen MR) is 140 cm³/mol. The molecule has 1 N–H and O–H groups in total. The SMILES string of the molecule is Cc1cc(-c2ccc(NC(=O)N3CCc4cc(Cl)c(N5CCN(C)CC5)cc43)cc2)cc(C)n1. The Hall–Kier alpha value is -3.09. The van der Waals surface area contributed by atoms with Crippen LogP contribution < -0.4 is 15.1 Å². The third-order valence-corrected chi connectivity index (χ3v) is 6.99. The van der Waals surface area contributed by atoms with Crippen molar-refractivity contribution in [3.8, 4) is 11.1 Å². The predicted octanol–water partition coefficient (Wildman–Crippen LogP) is 5.37. The maximum atomic E-state index is 13.2. The van der Waals surface area contributed by atoms with Gasteiger partial charge in [-0.3, -0.25) is 9.88 Å². The second kappa shape index (κ2) is 9.28. The van der Waals surface area contributed by atoms with Gasteiger partial charge in [-0.1, -0.05) is 23.7 Å². The van der Waals surface area contributed by atoms with Crippen LogP contribution in [0.4, 0.5) is 21.9 Å². The summed E-state index contributed by atoms with van der Waals surface area (Å²) in [7, 11) is 2.14. The zero-order chi connectivity index (χ0) is 23.8. The Bertz CT molecular complexity index is 1200. The summed E-state index contributed by atoms with van der Waals surface area (Å²) in [5.74, 6) is 0. The number of halogens is 1. The van der Waals surface area contributed by atoms with Crippen molar-refractivity contribution in [3.05, 3.63) is 70.5 Å². The second-order valence-corrected chi connectivity index (χ2v) is 9.68. The molecule has 0 atom stereocenters. The van der Waals surface area contributed by atoms with Gasteiger partial charge in [0.25, 0.3) is 0 Å². The summed E-state index contributed by atoms with van der Waals surface area (Å²) in [5.41, 5.74) is 8.09. The number of aromatic nitrogens is 1. The molecule has 5 rings (SSSR count). The van der Waals surface area contributed by atoms with Crippen LogP contribution in [0.1, 0.15) is 17.0 Å². The summed E-state index contributed by atoms with van der Waals surface area (Å²) in [6.07, 6.45) is 0.811. The minimum atomic E-state index is -0.117. The number of piperazine rings is 1. The van der Waals surface area contributed by atoms with E-state index in [0.717, 1.165) is 82.8 Å². The number of nitrogens with zero attached hydrogens (tertiary/aromatic N) is 4. The first-order valence-corrected chi connectivity index (χ1v) is 12.2. The van der Waals surface area contributed by atoms with Crippen molar-refractivity contribution in [2.24, 2.45) is 0 Å². The van der Waals surface area contributed by atoms with Gasteiger partial charge in [0.05, 0.1) is 16.4 Å². The Labute approximate surface area is 206 Å². The minimum Gasteiger partial charge on any atom is -0.368 e. The molecule has 2 aliphatic heterocycles. The first-order chi connectivity index (χ1) is 16.4. The average molecular weight is 476 g/mol. The lowest BCUT2D eigenvalue weighted by Gasteiger charge is -2.35. The highest BCUT2D eigenvalue weighted by atomic mass is 35.5. The standard InChI is InChI=1S/C27H30ClN5O/c1-18-14-22(15-19(2)29-18)20-4-6-23(7-5-20)30-27(34)33-9-8-21-16-24(28)26(17-25(21)33)32-12-10-31(3)11-13-32/h4-7,14-17H,8-13H2,1-3H3,(H,30,34). The van der Waals surface area contributed by atoms with Crippen molar-refractivity contribution in [2.75, 3.05) is 54.9 Å². The third kappa shape index (κ3) is 4.61. The van der Waals surface area contributed by atoms with Crippen LogP contribution >= 0.6 is 11.6 Å². The summed E-state index contributed by atoms with van der Waals surface area (Å²) in [6.45, 7) is 8.53. The first-order valence-electron chi connectivity index (χ1n) is 11.8. The van der Waals surface area contributed by atoms with E-state index >= 15 is 0 Å². The summed E-state index contributed by atoms with van der Waals surface area (Å²) >= 11 is 6.64. The van der Waals surface area contributed by atoms with Gasteiger partial charge in [0, 0.05) is 49.8 Å². The highest BCUT2D eigenvalue weighted by Gasteiger charge is 2.28. The molecule has 2 amide bonds. The van der Waals surface area contributed by atoms with Gasteiger partial charge in [-0.05, 0) is 80.4 Å². The van der Waals surface area contributed by atoms with Crippen LogP contribution in [0.2, 0.25) is 5.02 Å². The van der Waals surface area contributed by atoms with E-state index in [9.17, 15) is 4.79 Å². The Balaban J connectivity index is 1.32. The zero-order valence-corrected chi connectivity index (χ0v) is 20.7. The van der Waals surface area contributed by atoms with Crippen molar-refractivity contribution < 1.29 is 4.79 Å². The fourth-order valence-electron chi connectivity index (χ4n) is 4.83. The Morgan fingerprint density at radius 1 is 0.882 bits per heavy atom. The molecule has 34 heavy (non-hydrogen) atoms. The lowest BCUT2D eigenvalue weighted by Crippen LogP contribution is -2.44. The highest BCUT2D eigenvalue weighted by Crippen LogP contribution is 2.38. The smallest absolute Gasteiger partial charge is 0.326 e. The highest BCUT2D eigenvalue weighted by molar-refractivity contribution is 6.33. The maximum Gasteiger partial charge on any atom is 0.326 e. The summed E-state index contributed by atoms with van der Waals surface area (Å²) in [4.78, 5) is 24.1. The zero-order valence-electron chi connectivity index (χ0n) is 19.9. The molecule has 1 aromatic heterocycles. The van der Waals surface area contributed by atoms with Gasteiger partial charge >= 0.3 is 6.03 Å². The number of rotatable bonds is 3. The van der Waals surface area contributed by atoms with E-state index in [4.69, 9.17) is 11.6 Å². The molecule has 2 aliphatic rings. The van der Waals surface area contributed by atoms with E-state index < -0.39 is 0 Å². The fourth-order valence-corrected chi connectivity index (χ4v) is 5.14. The number of anilines is 3. The lowest BCUT2D eigenvalue weighted by molar-refractivity contribution is 0.257. The minimum absolute atomic E-state index is 0.117. The molecule has 0 bridgehead atoms. The van der Waals surface area contributed by atoms with E-state index in [1.54, 1.807) is 0 Å². The van der Waals surface area contributed by atoms with E-state index in [2.05, 4.69) is 45.3 Å². The number of carbonyl (C=O) groups excluding carboxylic acids is 1. The van der Waals surface area contributed by atoms with Crippen molar-refractivity contribution >= 4 is 34.7 Å². The fraction of sp³-hybridized carbons (Fsp3) is 0.333. The third-order valence-electron chi connectivity index (χ3n) is 6.68. The van der Waals surface area contributed by atoms with E-state index in [1.165, 1.54) is 0 Å². The number of hydrogen-bond donors (Lipinski definition) is 1. The first kappa shape index (κ1) is 22.7. The molecule has 6 nitrogen and oxygen atoms in total. The Morgan fingerprint density at radius 3 is 2.24 bits per heavy atom. The molecular weight excluding hydrogens is 446 g/mol. The second-order valence-electron chi connectivity index (χ2n) is 9.27. The number of carbonyl (C=O) groups is 1. The molecule has 2 aromatic carbocycles. The number of hydrogen-bond acceptors (Lipinski definition) is 4. The van der Waals surface area contributed by atoms with Gasteiger partial charge < -0.3 is 15.1 Å². The summed E-state index contributed by atoms with van der Waals surface area (Å²) in [6, 6.07) is 16.1. The van der Waals surface area contributed by atoms with Crippen molar-refractivity contribution in [3.63, 3.8) is 0 Å². The van der Waals surface area contributed by atoms with Gasteiger partial charge in [0.15, 0.2) is 0 Å². The van der Waals surface area contributed by atoms with Crippen LogP contribution in [0.15, 0.2) is 48.5 Å². The molecule has 0 saturated carbocycles. The van der Waals surface area contributed by atoms with Crippen molar-refractivity contribution in [2.45, 2.75) is 20.3 Å². The molecule has 3 heterocycles. The van der Waals surface area contributed by atoms with Crippen LogP contribution in [0.5, 0.6) is 0 Å². The molecule has 0 radical (unpaired) electrons. The molecule has 0 spiro atoms. The van der Waals surface area contributed by atoms with Gasteiger partial charge in [0.1, 0.15) is 0 Å². The quantitative estimate of drug-likeness (QED) is 0.553. The van der Waals surface area contributed by atoms with Crippen LogP contribution in [-0.4, -0.2) is 55.7 Å². The summed E-state index contributed by atoms with van der Waals surface area (Å²) < 4.78 is 0. The normalized spacial score (nSPS) is 16.0. The van der Waals surface area contributed by atoms with Gasteiger partial charge in [-0.2, -0.15) is 0 Å². The van der Waals surface area contributed by atoms with Gasteiger partial charge in [-0.25, -0.2) is 4.79 Å². The van der Waals surface area contributed by atoms with Crippen molar-refractivity contribution in [1.82, 2.24) is 9.88 Å². The number of benzene rings is 2. The molecule has 0 aliphatic carbocycles. The molecule has 176 valence electrons. The van der Waals surface area contributed by atoms with E-state index in [1.807, 2.05) is 49.1 Å². The maximum absolute atomic E-state index is 13.2. The monoisotopic (exact) mass is 475 g/mol. The number of nitrogens with one attached hydrogen (secondary N) is 1. The van der Waals surface area contributed by atoms with Crippen LogP contribution in [-0.2, 0) is 6.42 Å². The topological polar surface area (TPSA) is 51.7 Å². The van der Waals surface area contributed by atoms with E-state index in [-0.39, 0.29) is 6.03 Å². The largest absolute Gasteiger partial charge is 0.368 e. The van der Waals surface area contributed by atoms with Crippen molar-refractivity contribution in [1.29, 1.82) is 0 Å². The summed E-state index contributed by atoms with van der Waals surface area (Å²) in [5, 5.41) is 3.83. The Kier molecular flexibility index (Phi) is 6.19. The lowest BCUT2D eigenvalue weighted by atomic mass is 10.0. The molecule has 3 aromatic rings. The van der Waals surface area contributed by atoms with Crippen LogP contribution in [0.25, 0.3) is 11.1 Å². The number of fused-ring (bicyclic) bond motifs is 1. The molecule has 1 saturated heterocycles. The number of pyridine rings is 1. The van der Waals surface area contributed by atoms with E-state index in [0.29, 0.717) is 6.54 Å². The molecular formula is C27H30ClN5O. The number of likely N-dealkylation sites (N-methyl/N-ethyl adjacent to an activating group) is 1. The molecule has 0 unspecified atom stereocenters. The average Bonchev–Trinajstić information content (AvgIpc) is 3.22. The van der Waals surface area contributed by atoms with Crippen LogP contribution in [0.3, 0.4) is 0 Å². The van der Waals surface area contributed by atoms with Gasteiger partial charge in [-0.15, -0.1) is 0 Å². The van der Waals surface area contributed by atoms with Crippen LogP contribution in [0, 0.1) is 13.8 Å². The van der Waals surface area contributed by atoms with Gasteiger partial charge in [0.2, 0.25) is 0 Å². The molecule has 7 heteroatoms.